The van der Waals surface area contributed by atoms with Gasteiger partial charge < -0.3 is 4.74 Å². The lowest BCUT2D eigenvalue weighted by molar-refractivity contribution is 0.305. The van der Waals surface area contributed by atoms with Crippen molar-refractivity contribution < 1.29 is 4.74 Å². The number of ether oxygens (including phenoxy) is 1. The molecule has 0 unspecified atom stereocenters. The van der Waals surface area contributed by atoms with Gasteiger partial charge in [0.15, 0.2) is 0 Å². The Kier molecular flexibility index (Phi) is 7.89. The van der Waals surface area contributed by atoms with Crippen LogP contribution in [0.4, 0.5) is 11.4 Å². The Bertz CT molecular complexity index is 581. The molecule has 3 heteroatoms. The van der Waals surface area contributed by atoms with E-state index >= 15 is 0 Å². The average Bonchev–Trinajstić information content (AvgIpc) is 2.61. The van der Waals surface area contributed by atoms with Gasteiger partial charge in [-0.2, -0.15) is 5.11 Å². The van der Waals surface area contributed by atoms with E-state index < -0.39 is 0 Å². The maximum atomic E-state index is 5.88. The zero-order valence-electron chi connectivity index (χ0n) is 13.9. The fraction of sp³-hybridized carbons (Fsp3) is 0.400. The molecule has 2 aromatic carbocycles. The lowest BCUT2D eigenvalue weighted by Crippen LogP contribution is -1.97. The molecule has 0 amide bonds. The summed E-state index contributed by atoms with van der Waals surface area (Å²) in [4.78, 5) is 0. The number of hydrogen-bond acceptors (Lipinski definition) is 3. The molecule has 3 nitrogen and oxygen atoms in total. The molecule has 0 radical (unpaired) electrons. The van der Waals surface area contributed by atoms with Crippen molar-refractivity contribution in [3.8, 4) is 5.75 Å². The Morgan fingerprint density at radius 1 is 0.739 bits per heavy atom. The zero-order chi connectivity index (χ0) is 16.2. The quantitative estimate of drug-likeness (QED) is 0.349. The molecule has 0 aromatic heterocycles. The monoisotopic (exact) mass is 310 g/mol. The third-order valence-corrected chi connectivity index (χ3v) is 3.65. The summed E-state index contributed by atoms with van der Waals surface area (Å²) in [6.45, 7) is 2.98. The predicted octanol–water partition coefficient (Wildman–Crippen LogP) is 6.84. The Morgan fingerprint density at radius 2 is 1.43 bits per heavy atom. The van der Waals surface area contributed by atoms with Crippen molar-refractivity contribution in [1.82, 2.24) is 0 Å². The molecule has 0 atom stereocenters. The fourth-order valence-corrected chi connectivity index (χ4v) is 2.33. The van der Waals surface area contributed by atoms with E-state index in [-0.39, 0.29) is 0 Å². The summed E-state index contributed by atoms with van der Waals surface area (Å²) in [5.74, 6) is 0.806. The molecule has 0 saturated heterocycles. The van der Waals surface area contributed by atoms with Crippen molar-refractivity contribution in [1.29, 1.82) is 0 Å². The second-order valence-electron chi connectivity index (χ2n) is 5.62. The highest BCUT2D eigenvalue weighted by Crippen LogP contribution is 2.28. The minimum atomic E-state index is 0.740. The molecule has 0 bridgehead atoms. The van der Waals surface area contributed by atoms with E-state index in [1.54, 1.807) is 0 Å². The molecule has 0 heterocycles. The molecule has 0 aliphatic rings. The second kappa shape index (κ2) is 10.5. The van der Waals surface area contributed by atoms with Crippen LogP contribution in [0.5, 0.6) is 5.75 Å². The number of azo groups is 1. The predicted molar refractivity (Wildman–Crippen MR) is 95.9 cm³/mol. The van der Waals surface area contributed by atoms with Gasteiger partial charge in [0.1, 0.15) is 11.4 Å². The summed E-state index contributed by atoms with van der Waals surface area (Å²) in [6, 6.07) is 17.6. The van der Waals surface area contributed by atoms with Gasteiger partial charge in [0.2, 0.25) is 0 Å². The van der Waals surface area contributed by atoms with Gasteiger partial charge in [-0.15, -0.1) is 5.11 Å². The summed E-state index contributed by atoms with van der Waals surface area (Å²) in [6.07, 6.45) is 7.58. The van der Waals surface area contributed by atoms with E-state index in [4.69, 9.17) is 4.74 Å². The lowest BCUT2D eigenvalue weighted by atomic mass is 10.1. The number of benzene rings is 2. The van der Waals surface area contributed by atoms with Gasteiger partial charge in [-0.1, -0.05) is 69.4 Å². The molecule has 0 saturated carbocycles. The second-order valence-corrected chi connectivity index (χ2v) is 5.62. The third-order valence-electron chi connectivity index (χ3n) is 3.65. The van der Waals surface area contributed by atoms with Crippen LogP contribution in [0.3, 0.4) is 0 Å². The summed E-state index contributed by atoms with van der Waals surface area (Å²) in [5, 5.41) is 8.58. The molecule has 23 heavy (non-hydrogen) atoms. The Labute approximate surface area is 139 Å². The molecule has 0 aliphatic carbocycles. The van der Waals surface area contributed by atoms with Crippen molar-refractivity contribution in [3.05, 3.63) is 54.6 Å². The van der Waals surface area contributed by atoms with Gasteiger partial charge in [-0.3, -0.25) is 0 Å². The number of unbranched alkanes of at least 4 members (excludes halogenated alkanes) is 5. The van der Waals surface area contributed by atoms with Crippen molar-refractivity contribution in [2.24, 2.45) is 10.2 Å². The maximum absolute atomic E-state index is 5.88. The van der Waals surface area contributed by atoms with Crippen molar-refractivity contribution in [2.75, 3.05) is 6.61 Å². The molecular formula is C20H26N2O. The highest BCUT2D eigenvalue weighted by Gasteiger charge is 2.01. The van der Waals surface area contributed by atoms with E-state index in [0.717, 1.165) is 30.2 Å². The number of para-hydroxylation sites is 1. The van der Waals surface area contributed by atoms with Crippen molar-refractivity contribution in [3.63, 3.8) is 0 Å². The molecule has 122 valence electrons. The molecule has 0 N–H and O–H groups in total. The smallest absolute Gasteiger partial charge is 0.146 e. The third kappa shape index (κ3) is 6.64. The van der Waals surface area contributed by atoms with Crippen LogP contribution < -0.4 is 4.74 Å². The van der Waals surface area contributed by atoms with Crippen LogP contribution in [0.2, 0.25) is 0 Å². The number of rotatable bonds is 10. The number of hydrogen-bond donors (Lipinski definition) is 0. The van der Waals surface area contributed by atoms with Crippen LogP contribution in [0.15, 0.2) is 64.8 Å². The number of nitrogens with zero attached hydrogens (tertiary/aromatic N) is 2. The molecule has 2 rings (SSSR count). The van der Waals surface area contributed by atoms with Gasteiger partial charge in [0.05, 0.1) is 12.3 Å². The Hall–Kier alpha value is -2.16. The SMILES string of the molecule is CCCCCCCCOc1ccccc1N=Nc1ccccc1. The van der Waals surface area contributed by atoms with E-state index in [2.05, 4.69) is 17.2 Å². The Morgan fingerprint density at radius 3 is 2.26 bits per heavy atom. The lowest BCUT2D eigenvalue weighted by Gasteiger charge is -2.08. The van der Waals surface area contributed by atoms with Gasteiger partial charge in [-0.05, 0) is 30.7 Å². The topological polar surface area (TPSA) is 34.0 Å². The van der Waals surface area contributed by atoms with Crippen LogP contribution >= 0.6 is 0 Å². The standard InChI is InChI=1S/C20H26N2O/c1-2-3-4-5-6-12-17-23-20-16-11-10-15-19(20)22-21-18-13-8-7-9-14-18/h7-11,13-16H,2-6,12,17H2,1H3. The van der Waals surface area contributed by atoms with E-state index in [1.807, 2.05) is 54.6 Å². The summed E-state index contributed by atoms with van der Waals surface area (Å²) < 4.78 is 5.88. The first-order valence-electron chi connectivity index (χ1n) is 8.59. The van der Waals surface area contributed by atoms with Crippen LogP contribution in [0, 0.1) is 0 Å². The Balaban J connectivity index is 1.82. The van der Waals surface area contributed by atoms with E-state index in [0.29, 0.717) is 0 Å². The zero-order valence-corrected chi connectivity index (χ0v) is 13.9. The molecule has 0 fully saturated rings. The minimum Gasteiger partial charge on any atom is -0.491 e. The van der Waals surface area contributed by atoms with Crippen LogP contribution in [0.25, 0.3) is 0 Å². The van der Waals surface area contributed by atoms with Gasteiger partial charge in [0.25, 0.3) is 0 Å². The van der Waals surface area contributed by atoms with Gasteiger partial charge in [0, 0.05) is 0 Å². The minimum absolute atomic E-state index is 0.740. The van der Waals surface area contributed by atoms with Crippen LogP contribution in [0.1, 0.15) is 45.4 Å². The van der Waals surface area contributed by atoms with Gasteiger partial charge in [-0.25, -0.2) is 0 Å². The summed E-state index contributed by atoms with van der Waals surface area (Å²) in [7, 11) is 0. The van der Waals surface area contributed by atoms with Crippen molar-refractivity contribution >= 4 is 11.4 Å². The molecule has 2 aromatic rings. The molecular weight excluding hydrogens is 284 g/mol. The van der Waals surface area contributed by atoms with Gasteiger partial charge >= 0.3 is 0 Å². The van der Waals surface area contributed by atoms with Crippen LogP contribution in [-0.4, -0.2) is 6.61 Å². The first-order chi connectivity index (χ1) is 11.4. The first-order valence-corrected chi connectivity index (χ1v) is 8.59. The largest absolute Gasteiger partial charge is 0.491 e. The molecule has 0 aliphatic heterocycles. The summed E-state index contributed by atoms with van der Waals surface area (Å²) >= 11 is 0. The van der Waals surface area contributed by atoms with E-state index in [1.165, 1.54) is 32.1 Å². The van der Waals surface area contributed by atoms with Crippen LogP contribution in [-0.2, 0) is 0 Å². The maximum Gasteiger partial charge on any atom is 0.146 e. The average molecular weight is 310 g/mol. The first kappa shape index (κ1) is 17.2. The normalized spacial score (nSPS) is 11.0. The highest BCUT2D eigenvalue weighted by atomic mass is 16.5. The molecule has 0 spiro atoms. The van der Waals surface area contributed by atoms with Crippen molar-refractivity contribution in [2.45, 2.75) is 45.4 Å². The summed E-state index contributed by atoms with van der Waals surface area (Å²) in [5.41, 5.74) is 1.63. The fourth-order valence-electron chi connectivity index (χ4n) is 2.33. The van der Waals surface area contributed by atoms with E-state index in [9.17, 15) is 0 Å². The highest BCUT2D eigenvalue weighted by molar-refractivity contribution is 5.51.